The number of rotatable bonds is 2. The van der Waals surface area contributed by atoms with Crippen LogP contribution in [0.4, 0.5) is 0 Å². The molecule has 0 aliphatic carbocycles. The Hall–Kier alpha value is -0.810. The van der Waals surface area contributed by atoms with E-state index in [9.17, 15) is 4.79 Å². The molecule has 1 amide bonds. The minimum Gasteiger partial charge on any atom is -0.381 e. The molecule has 3 aliphatic heterocycles. The zero-order valence-electron chi connectivity index (χ0n) is 13.7. The van der Waals surface area contributed by atoms with Gasteiger partial charge in [-0.05, 0) is 42.4 Å². The Kier molecular flexibility index (Phi) is 5.40. The molecule has 0 saturated carbocycles. The second kappa shape index (κ2) is 7.20. The molecule has 3 fully saturated rings. The molecule has 3 aliphatic rings. The van der Waals surface area contributed by atoms with Crippen molar-refractivity contribution in [3.63, 3.8) is 0 Å². The summed E-state index contributed by atoms with van der Waals surface area (Å²) in [4.78, 5) is 15.6. The smallest absolute Gasteiger partial charge is 0.233 e. The standard InChI is InChI=1S/C18H23ClN2O2.ClH/c19-16-3-1-2-15(8-16)18(4-6-23-7-5-18)17(22)21-11-13-9-20-10-14(13)12-21;/h1-3,8,13-14,20H,4-7,9-12H2;1H/t13-,14+;. The van der Waals surface area contributed by atoms with Crippen LogP contribution >= 0.6 is 24.0 Å². The average Bonchev–Trinajstić information content (AvgIpc) is 3.16. The first-order valence-corrected chi connectivity index (χ1v) is 8.91. The maximum atomic E-state index is 13.5. The lowest BCUT2D eigenvalue weighted by Gasteiger charge is -2.39. The first kappa shape index (κ1) is 18.0. The van der Waals surface area contributed by atoms with Crippen LogP contribution in [0.5, 0.6) is 0 Å². The minimum absolute atomic E-state index is 0. The highest BCUT2D eigenvalue weighted by molar-refractivity contribution is 6.30. The van der Waals surface area contributed by atoms with E-state index in [1.807, 2.05) is 24.3 Å². The van der Waals surface area contributed by atoms with Crippen LogP contribution in [0.1, 0.15) is 18.4 Å². The van der Waals surface area contributed by atoms with Gasteiger partial charge in [0.25, 0.3) is 0 Å². The van der Waals surface area contributed by atoms with E-state index in [-0.39, 0.29) is 18.3 Å². The van der Waals surface area contributed by atoms with Crippen LogP contribution in [-0.2, 0) is 14.9 Å². The van der Waals surface area contributed by atoms with Gasteiger partial charge in [-0.15, -0.1) is 12.4 Å². The summed E-state index contributed by atoms with van der Waals surface area (Å²) < 4.78 is 5.55. The van der Waals surface area contributed by atoms with Gasteiger partial charge in [-0.3, -0.25) is 4.79 Å². The number of nitrogens with one attached hydrogen (secondary N) is 1. The zero-order chi connectivity index (χ0) is 15.9. The second-order valence-corrected chi connectivity index (χ2v) is 7.53. The second-order valence-electron chi connectivity index (χ2n) is 7.09. The third-order valence-corrected chi connectivity index (χ3v) is 6.04. The molecule has 24 heavy (non-hydrogen) atoms. The van der Waals surface area contributed by atoms with Gasteiger partial charge in [0.1, 0.15) is 0 Å². The lowest BCUT2D eigenvalue weighted by atomic mass is 9.73. The number of hydrogen-bond acceptors (Lipinski definition) is 3. The van der Waals surface area contributed by atoms with Crippen molar-refractivity contribution in [2.24, 2.45) is 11.8 Å². The normalized spacial score (nSPS) is 28.3. The van der Waals surface area contributed by atoms with E-state index in [0.717, 1.165) is 44.6 Å². The molecule has 1 aromatic carbocycles. The van der Waals surface area contributed by atoms with Crippen LogP contribution in [0.3, 0.4) is 0 Å². The molecular formula is C18H24Cl2N2O2. The molecule has 1 N–H and O–H groups in total. The van der Waals surface area contributed by atoms with Gasteiger partial charge in [0.15, 0.2) is 0 Å². The van der Waals surface area contributed by atoms with Crippen molar-refractivity contribution in [1.82, 2.24) is 10.2 Å². The topological polar surface area (TPSA) is 41.6 Å². The van der Waals surface area contributed by atoms with Gasteiger partial charge in [0.2, 0.25) is 5.91 Å². The van der Waals surface area contributed by atoms with E-state index >= 15 is 0 Å². The number of likely N-dealkylation sites (tertiary alicyclic amines) is 1. The molecule has 4 nitrogen and oxygen atoms in total. The van der Waals surface area contributed by atoms with E-state index in [2.05, 4.69) is 10.2 Å². The SMILES string of the molecule is Cl.O=C(N1C[C@H]2CNC[C@H]2C1)C1(c2cccc(Cl)c2)CCOCC1. The lowest BCUT2D eigenvalue weighted by Crippen LogP contribution is -2.49. The fraction of sp³-hybridized carbons (Fsp3) is 0.611. The van der Waals surface area contributed by atoms with Gasteiger partial charge in [-0.2, -0.15) is 0 Å². The molecule has 6 heteroatoms. The fourth-order valence-electron chi connectivity index (χ4n) is 4.46. The van der Waals surface area contributed by atoms with Gasteiger partial charge in [-0.25, -0.2) is 0 Å². The molecule has 3 saturated heterocycles. The number of amides is 1. The number of halogens is 2. The molecule has 0 radical (unpaired) electrons. The van der Waals surface area contributed by atoms with Crippen molar-refractivity contribution < 1.29 is 9.53 Å². The van der Waals surface area contributed by atoms with Gasteiger partial charge in [-0.1, -0.05) is 23.7 Å². The van der Waals surface area contributed by atoms with Crippen LogP contribution in [-0.4, -0.2) is 50.2 Å². The van der Waals surface area contributed by atoms with Crippen LogP contribution in [0.25, 0.3) is 0 Å². The van der Waals surface area contributed by atoms with Crippen molar-refractivity contribution in [3.05, 3.63) is 34.9 Å². The summed E-state index contributed by atoms with van der Waals surface area (Å²) in [5.74, 6) is 1.52. The van der Waals surface area contributed by atoms with E-state index in [1.54, 1.807) is 0 Å². The van der Waals surface area contributed by atoms with Gasteiger partial charge < -0.3 is 15.0 Å². The third kappa shape index (κ3) is 3.05. The summed E-state index contributed by atoms with van der Waals surface area (Å²) in [6, 6.07) is 7.83. The number of carbonyl (C=O) groups is 1. The van der Waals surface area contributed by atoms with Crippen LogP contribution in [0.2, 0.25) is 5.02 Å². The number of fused-ring (bicyclic) bond motifs is 1. The van der Waals surface area contributed by atoms with Crippen molar-refractivity contribution in [2.75, 3.05) is 39.4 Å². The minimum atomic E-state index is -0.463. The highest BCUT2D eigenvalue weighted by Crippen LogP contribution is 2.40. The molecule has 1 aromatic rings. The van der Waals surface area contributed by atoms with Gasteiger partial charge >= 0.3 is 0 Å². The van der Waals surface area contributed by atoms with E-state index < -0.39 is 5.41 Å². The largest absolute Gasteiger partial charge is 0.381 e. The summed E-state index contributed by atoms with van der Waals surface area (Å²) in [6.07, 6.45) is 1.49. The van der Waals surface area contributed by atoms with Crippen LogP contribution < -0.4 is 5.32 Å². The maximum absolute atomic E-state index is 13.5. The molecule has 2 atom stereocenters. The van der Waals surface area contributed by atoms with E-state index in [4.69, 9.17) is 16.3 Å². The summed E-state index contributed by atoms with van der Waals surface area (Å²) in [5, 5.41) is 4.13. The first-order valence-electron chi connectivity index (χ1n) is 8.53. The predicted molar refractivity (Wildman–Crippen MR) is 96.9 cm³/mol. The number of carbonyl (C=O) groups excluding carboxylic acids is 1. The average molecular weight is 371 g/mol. The molecule has 0 aromatic heterocycles. The predicted octanol–water partition coefficient (Wildman–Crippen LogP) is 2.49. The van der Waals surface area contributed by atoms with Crippen molar-refractivity contribution in [1.29, 1.82) is 0 Å². The summed E-state index contributed by atoms with van der Waals surface area (Å²) in [6.45, 7) is 5.14. The first-order chi connectivity index (χ1) is 11.2. The van der Waals surface area contributed by atoms with Crippen LogP contribution in [0, 0.1) is 11.8 Å². The monoisotopic (exact) mass is 370 g/mol. The molecule has 0 spiro atoms. The number of ether oxygens (including phenoxy) is 1. The Balaban J connectivity index is 0.00000169. The van der Waals surface area contributed by atoms with E-state index in [0.29, 0.717) is 30.1 Å². The highest BCUT2D eigenvalue weighted by atomic mass is 35.5. The van der Waals surface area contributed by atoms with Crippen molar-refractivity contribution >= 4 is 29.9 Å². The number of benzene rings is 1. The quantitative estimate of drug-likeness (QED) is 0.869. The Morgan fingerprint density at radius 1 is 1.21 bits per heavy atom. The maximum Gasteiger partial charge on any atom is 0.233 e. The zero-order valence-corrected chi connectivity index (χ0v) is 15.2. The van der Waals surface area contributed by atoms with Crippen LogP contribution in [0.15, 0.2) is 24.3 Å². The lowest BCUT2D eigenvalue weighted by molar-refractivity contribution is -0.140. The molecule has 0 bridgehead atoms. The Labute approximate surface area is 154 Å². The summed E-state index contributed by atoms with van der Waals surface area (Å²) in [5.41, 5.74) is 0.586. The van der Waals surface area contributed by atoms with Gasteiger partial charge in [0.05, 0.1) is 5.41 Å². The molecular weight excluding hydrogens is 347 g/mol. The Bertz CT molecular complexity index is 592. The van der Waals surface area contributed by atoms with Crippen molar-refractivity contribution in [2.45, 2.75) is 18.3 Å². The summed E-state index contributed by atoms with van der Waals surface area (Å²) in [7, 11) is 0. The molecule has 4 rings (SSSR count). The third-order valence-electron chi connectivity index (χ3n) is 5.81. The fourth-order valence-corrected chi connectivity index (χ4v) is 4.65. The van der Waals surface area contributed by atoms with E-state index in [1.165, 1.54) is 0 Å². The highest BCUT2D eigenvalue weighted by Gasteiger charge is 2.48. The number of hydrogen-bond donors (Lipinski definition) is 1. The summed E-state index contributed by atoms with van der Waals surface area (Å²) >= 11 is 6.20. The molecule has 132 valence electrons. The molecule has 3 heterocycles. The Morgan fingerprint density at radius 3 is 2.50 bits per heavy atom. The Morgan fingerprint density at radius 2 is 1.88 bits per heavy atom. The van der Waals surface area contributed by atoms with Gasteiger partial charge in [0, 0.05) is 44.4 Å². The number of nitrogens with zero attached hydrogens (tertiary/aromatic N) is 1. The molecule has 0 unspecified atom stereocenters. The van der Waals surface area contributed by atoms with Crippen molar-refractivity contribution in [3.8, 4) is 0 Å².